The van der Waals surface area contributed by atoms with Gasteiger partial charge in [-0.1, -0.05) is 23.8 Å². The molecule has 1 N–H and O–H groups in total. The standard InChI is InChI=1S/C24H29F3N2O4S/c1-18-7-9-21(10-8-18)33-16-3-2-13-28-23(30)19-11-14-29(15-12-19)34(31,32)22-6-4-5-20(17-22)24(25,26)27/h4-10,17,19H,2-3,11-16H2,1H3,(H,28,30). The number of sulfonamides is 1. The lowest BCUT2D eigenvalue weighted by molar-refractivity contribution is -0.137. The maximum atomic E-state index is 12.9. The molecule has 186 valence electrons. The van der Waals surface area contributed by atoms with E-state index >= 15 is 0 Å². The van der Waals surface area contributed by atoms with Gasteiger partial charge >= 0.3 is 6.18 Å². The summed E-state index contributed by atoms with van der Waals surface area (Å²) in [6.45, 7) is 3.22. The van der Waals surface area contributed by atoms with Crippen molar-refractivity contribution in [1.29, 1.82) is 0 Å². The molecule has 1 aliphatic rings. The van der Waals surface area contributed by atoms with E-state index in [1.54, 1.807) is 0 Å². The van der Waals surface area contributed by atoms with Crippen molar-refractivity contribution in [3.63, 3.8) is 0 Å². The van der Waals surface area contributed by atoms with Crippen LogP contribution < -0.4 is 10.1 Å². The lowest BCUT2D eigenvalue weighted by atomic mass is 9.97. The first-order valence-electron chi connectivity index (χ1n) is 11.2. The quantitative estimate of drug-likeness (QED) is 0.521. The molecule has 6 nitrogen and oxygen atoms in total. The topological polar surface area (TPSA) is 75.7 Å². The van der Waals surface area contributed by atoms with Crippen LogP contribution in [0.5, 0.6) is 5.75 Å². The van der Waals surface area contributed by atoms with Crippen molar-refractivity contribution in [1.82, 2.24) is 9.62 Å². The van der Waals surface area contributed by atoms with E-state index in [1.165, 1.54) is 0 Å². The Morgan fingerprint density at radius 1 is 1.09 bits per heavy atom. The van der Waals surface area contributed by atoms with E-state index in [-0.39, 0.29) is 24.9 Å². The molecule has 0 bridgehead atoms. The normalized spacial score (nSPS) is 15.8. The number of amides is 1. The maximum Gasteiger partial charge on any atom is 0.416 e. The average Bonchev–Trinajstić information content (AvgIpc) is 2.82. The van der Waals surface area contributed by atoms with Gasteiger partial charge in [-0.2, -0.15) is 17.5 Å². The molecular weight excluding hydrogens is 469 g/mol. The van der Waals surface area contributed by atoms with Gasteiger partial charge in [0.1, 0.15) is 5.75 Å². The predicted molar refractivity (Wildman–Crippen MR) is 122 cm³/mol. The molecule has 2 aromatic carbocycles. The van der Waals surface area contributed by atoms with Gasteiger partial charge in [0.05, 0.1) is 17.1 Å². The van der Waals surface area contributed by atoms with Crippen LogP contribution in [0.25, 0.3) is 0 Å². The fourth-order valence-electron chi connectivity index (χ4n) is 3.75. The highest BCUT2D eigenvalue weighted by molar-refractivity contribution is 7.89. The second-order valence-corrected chi connectivity index (χ2v) is 10.3. The zero-order valence-electron chi connectivity index (χ0n) is 19.0. The summed E-state index contributed by atoms with van der Waals surface area (Å²) in [5.41, 5.74) is 0.154. The summed E-state index contributed by atoms with van der Waals surface area (Å²) in [5, 5.41) is 2.88. The minimum absolute atomic E-state index is 0.0844. The van der Waals surface area contributed by atoms with Crippen LogP contribution in [0.1, 0.15) is 36.8 Å². The number of benzene rings is 2. The van der Waals surface area contributed by atoms with E-state index in [0.29, 0.717) is 32.1 Å². The van der Waals surface area contributed by atoms with Gasteiger partial charge in [-0.15, -0.1) is 0 Å². The average molecular weight is 499 g/mol. The minimum atomic E-state index is -4.62. The first-order chi connectivity index (χ1) is 16.1. The number of piperidine rings is 1. The number of rotatable bonds is 9. The number of alkyl halides is 3. The van der Waals surface area contributed by atoms with Crippen molar-refractivity contribution < 1.29 is 31.1 Å². The molecule has 1 heterocycles. The fraction of sp³-hybridized carbons (Fsp3) is 0.458. The Morgan fingerprint density at radius 3 is 2.41 bits per heavy atom. The number of hydrogen-bond donors (Lipinski definition) is 1. The fourth-order valence-corrected chi connectivity index (χ4v) is 5.26. The van der Waals surface area contributed by atoms with Crippen LogP contribution in [0.15, 0.2) is 53.4 Å². The van der Waals surface area contributed by atoms with Gasteiger partial charge in [0.25, 0.3) is 0 Å². The summed E-state index contributed by atoms with van der Waals surface area (Å²) >= 11 is 0. The monoisotopic (exact) mass is 498 g/mol. The molecule has 34 heavy (non-hydrogen) atoms. The van der Waals surface area contributed by atoms with Crippen LogP contribution in [-0.4, -0.2) is 44.9 Å². The van der Waals surface area contributed by atoms with Crippen molar-refractivity contribution >= 4 is 15.9 Å². The summed E-state index contributed by atoms with van der Waals surface area (Å²) in [4.78, 5) is 12.0. The van der Waals surface area contributed by atoms with Gasteiger partial charge in [0.15, 0.2) is 0 Å². The molecule has 0 saturated carbocycles. The SMILES string of the molecule is Cc1ccc(OCCCCNC(=O)C2CCN(S(=O)(=O)c3cccc(C(F)(F)F)c3)CC2)cc1. The van der Waals surface area contributed by atoms with Crippen molar-refractivity contribution in [2.45, 2.75) is 43.7 Å². The highest BCUT2D eigenvalue weighted by Gasteiger charge is 2.35. The number of unbranched alkanes of at least 4 members (excludes halogenated alkanes) is 1. The molecule has 10 heteroatoms. The Morgan fingerprint density at radius 2 is 1.76 bits per heavy atom. The maximum absolute atomic E-state index is 12.9. The van der Waals surface area contributed by atoms with Gasteiger partial charge in [0, 0.05) is 25.6 Å². The molecule has 1 aliphatic heterocycles. The number of nitrogens with zero attached hydrogens (tertiary/aromatic N) is 1. The van der Waals surface area contributed by atoms with E-state index < -0.39 is 26.7 Å². The largest absolute Gasteiger partial charge is 0.494 e. The number of carbonyl (C=O) groups excluding carboxylic acids is 1. The molecular formula is C24H29F3N2O4S. The van der Waals surface area contributed by atoms with Crippen LogP contribution in [0.2, 0.25) is 0 Å². The molecule has 0 aromatic heterocycles. The van der Waals surface area contributed by atoms with Crippen molar-refractivity contribution in [3.8, 4) is 5.75 Å². The minimum Gasteiger partial charge on any atom is -0.494 e. The Balaban J connectivity index is 1.40. The summed E-state index contributed by atoms with van der Waals surface area (Å²) in [6.07, 6.45) is -2.45. The van der Waals surface area contributed by atoms with Gasteiger partial charge in [-0.05, 0) is 62.9 Å². The van der Waals surface area contributed by atoms with Crippen molar-refractivity contribution in [2.24, 2.45) is 5.92 Å². The third kappa shape index (κ3) is 6.96. The highest BCUT2D eigenvalue weighted by Crippen LogP contribution is 2.32. The molecule has 2 aromatic rings. The second kappa shape index (κ2) is 11.2. The van der Waals surface area contributed by atoms with Crippen molar-refractivity contribution in [2.75, 3.05) is 26.2 Å². The lowest BCUT2D eigenvalue weighted by Gasteiger charge is -2.30. The Labute approximate surface area is 198 Å². The zero-order valence-corrected chi connectivity index (χ0v) is 19.8. The number of hydrogen-bond acceptors (Lipinski definition) is 4. The number of nitrogens with one attached hydrogen (secondary N) is 1. The van der Waals surface area contributed by atoms with E-state index in [1.807, 2.05) is 31.2 Å². The summed E-state index contributed by atoms with van der Waals surface area (Å²) in [5.74, 6) is 0.355. The Kier molecular flexibility index (Phi) is 8.59. The van der Waals surface area contributed by atoms with Gasteiger partial charge in [0.2, 0.25) is 15.9 Å². The molecule has 0 unspecified atom stereocenters. The third-order valence-corrected chi connectivity index (χ3v) is 7.68. The van der Waals surface area contributed by atoms with E-state index in [0.717, 1.165) is 46.7 Å². The summed E-state index contributed by atoms with van der Waals surface area (Å²) in [6, 6.07) is 11.5. The van der Waals surface area contributed by atoms with Crippen LogP contribution in [0.3, 0.4) is 0 Å². The first kappa shape index (κ1) is 26.0. The zero-order chi connectivity index (χ0) is 24.8. The molecule has 3 rings (SSSR count). The molecule has 1 fully saturated rings. The van der Waals surface area contributed by atoms with E-state index in [4.69, 9.17) is 4.74 Å². The van der Waals surface area contributed by atoms with Crippen LogP contribution in [0.4, 0.5) is 13.2 Å². The first-order valence-corrected chi connectivity index (χ1v) is 12.7. The summed E-state index contributed by atoms with van der Waals surface area (Å²) < 4.78 is 71.2. The predicted octanol–water partition coefficient (Wildman–Crippen LogP) is 4.39. The van der Waals surface area contributed by atoms with Crippen molar-refractivity contribution in [3.05, 3.63) is 59.7 Å². The van der Waals surface area contributed by atoms with Crippen LogP contribution >= 0.6 is 0 Å². The Hall–Kier alpha value is -2.59. The number of halogens is 3. The summed E-state index contributed by atoms with van der Waals surface area (Å²) in [7, 11) is -4.06. The Bertz CT molecular complexity index is 1060. The van der Waals surface area contributed by atoms with Crippen LogP contribution in [0, 0.1) is 12.8 Å². The smallest absolute Gasteiger partial charge is 0.416 e. The van der Waals surface area contributed by atoms with Gasteiger partial charge in [-0.3, -0.25) is 4.79 Å². The molecule has 0 atom stereocenters. The molecule has 1 saturated heterocycles. The molecule has 1 amide bonds. The highest BCUT2D eigenvalue weighted by atomic mass is 32.2. The van der Waals surface area contributed by atoms with Crippen LogP contribution in [-0.2, 0) is 21.0 Å². The molecule has 0 spiro atoms. The number of carbonyl (C=O) groups is 1. The van der Waals surface area contributed by atoms with E-state index in [2.05, 4.69) is 5.32 Å². The second-order valence-electron chi connectivity index (χ2n) is 8.36. The van der Waals surface area contributed by atoms with Gasteiger partial charge in [-0.25, -0.2) is 8.42 Å². The molecule has 0 radical (unpaired) electrons. The molecule has 0 aliphatic carbocycles. The van der Waals surface area contributed by atoms with E-state index in [9.17, 15) is 26.4 Å². The number of ether oxygens (including phenoxy) is 1. The van der Waals surface area contributed by atoms with Gasteiger partial charge < -0.3 is 10.1 Å². The third-order valence-electron chi connectivity index (χ3n) is 5.78. The number of aryl methyl sites for hydroxylation is 1. The lowest BCUT2D eigenvalue weighted by Crippen LogP contribution is -2.43.